The topological polar surface area (TPSA) is 60.1 Å². The van der Waals surface area contributed by atoms with E-state index >= 15 is 0 Å². The first-order valence-corrected chi connectivity index (χ1v) is 11.6. The van der Waals surface area contributed by atoms with E-state index in [4.69, 9.17) is 11.6 Å². The zero-order valence-electron chi connectivity index (χ0n) is 18.3. The summed E-state index contributed by atoms with van der Waals surface area (Å²) in [6.45, 7) is 0.989. The zero-order valence-corrected chi connectivity index (χ0v) is 19.1. The van der Waals surface area contributed by atoms with Gasteiger partial charge in [0.1, 0.15) is 12.1 Å². The standard InChI is InChI=1S/C27H21ClN4O2/c28-20-8-5-6-18(14-20)16-31-24-11-4-2-9-21(24)22-15-29-32(27(34)26(22)31)17-25(33)30-13-12-19-7-1-3-10-23(19)30/h1-11,14-15H,12-13,16-17H2. The van der Waals surface area contributed by atoms with E-state index in [9.17, 15) is 9.59 Å². The molecule has 1 aliphatic rings. The van der Waals surface area contributed by atoms with Gasteiger partial charge in [0.25, 0.3) is 5.56 Å². The lowest BCUT2D eigenvalue weighted by molar-refractivity contribution is -0.119. The number of nitrogens with zero attached hydrogens (tertiary/aromatic N) is 4. The van der Waals surface area contributed by atoms with Crippen LogP contribution in [-0.2, 0) is 24.3 Å². The van der Waals surface area contributed by atoms with Crippen molar-refractivity contribution in [3.63, 3.8) is 0 Å². The first kappa shape index (κ1) is 20.7. The van der Waals surface area contributed by atoms with E-state index in [1.165, 1.54) is 4.68 Å². The highest BCUT2D eigenvalue weighted by Crippen LogP contribution is 2.29. The number of para-hydroxylation sites is 2. The molecule has 0 fully saturated rings. The maximum Gasteiger partial charge on any atom is 0.291 e. The highest BCUT2D eigenvalue weighted by atomic mass is 35.5. The minimum Gasteiger partial charge on any atom is -0.331 e. The Bertz CT molecular complexity index is 1640. The Morgan fingerprint density at radius 3 is 2.68 bits per heavy atom. The van der Waals surface area contributed by atoms with Crippen molar-refractivity contribution >= 4 is 45.0 Å². The van der Waals surface area contributed by atoms with E-state index in [-0.39, 0.29) is 18.0 Å². The minimum atomic E-state index is -0.281. The molecule has 6 rings (SSSR count). The van der Waals surface area contributed by atoms with Gasteiger partial charge in [0.15, 0.2) is 0 Å². The largest absolute Gasteiger partial charge is 0.331 e. The quantitative estimate of drug-likeness (QED) is 0.386. The number of hydrogen-bond donors (Lipinski definition) is 0. The molecule has 34 heavy (non-hydrogen) atoms. The molecule has 0 saturated heterocycles. The molecule has 0 atom stereocenters. The van der Waals surface area contributed by atoms with Crippen LogP contribution in [0.15, 0.2) is 83.8 Å². The highest BCUT2D eigenvalue weighted by molar-refractivity contribution is 6.30. The van der Waals surface area contributed by atoms with Crippen LogP contribution in [0.5, 0.6) is 0 Å². The van der Waals surface area contributed by atoms with Crippen molar-refractivity contribution in [3.05, 3.63) is 105 Å². The van der Waals surface area contributed by atoms with E-state index in [0.29, 0.717) is 23.6 Å². The summed E-state index contributed by atoms with van der Waals surface area (Å²) in [5, 5.41) is 6.76. The first-order valence-electron chi connectivity index (χ1n) is 11.2. The van der Waals surface area contributed by atoms with E-state index in [1.54, 1.807) is 11.1 Å². The number of hydrogen-bond acceptors (Lipinski definition) is 3. The van der Waals surface area contributed by atoms with E-state index in [2.05, 4.69) is 5.10 Å². The molecule has 7 heteroatoms. The van der Waals surface area contributed by atoms with Gasteiger partial charge in [-0.3, -0.25) is 9.59 Å². The van der Waals surface area contributed by atoms with Crippen molar-refractivity contribution in [1.82, 2.24) is 14.3 Å². The van der Waals surface area contributed by atoms with Crippen molar-refractivity contribution in [3.8, 4) is 0 Å². The van der Waals surface area contributed by atoms with Gasteiger partial charge in [-0.25, -0.2) is 4.68 Å². The molecular weight excluding hydrogens is 448 g/mol. The highest BCUT2D eigenvalue weighted by Gasteiger charge is 2.25. The summed E-state index contributed by atoms with van der Waals surface area (Å²) in [6.07, 6.45) is 2.51. The molecule has 0 spiro atoms. The third-order valence-corrected chi connectivity index (χ3v) is 6.71. The van der Waals surface area contributed by atoms with Gasteiger partial charge in [0, 0.05) is 40.1 Å². The molecule has 0 unspecified atom stereocenters. The van der Waals surface area contributed by atoms with Crippen molar-refractivity contribution < 1.29 is 4.79 Å². The molecule has 1 amide bonds. The van der Waals surface area contributed by atoms with Gasteiger partial charge in [-0.2, -0.15) is 5.10 Å². The number of aromatic nitrogens is 3. The zero-order chi connectivity index (χ0) is 23.2. The molecule has 0 saturated carbocycles. The first-order chi connectivity index (χ1) is 16.6. The third kappa shape index (κ3) is 3.38. The molecule has 6 nitrogen and oxygen atoms in total. The summed E-state index contributed by atoms with van der Waals surface area (Å²) < 4.78 is 3.27. The SMILES string of the molecule is O=C(Cn1ncc2c3ccccc3n(Cc3cccc(Cl)c3)c2c1=O)N1CCc2ccccc21. The summed E-state index contributed by atoms with van der Waals surface area (Å²) in [4.78, 5) is 28.6. The summed E-state index contributed by atoms with van der Waals surface area (Å²) in [7, 11) is 0. The number of amides is 1. The van der Waals surface area contributed by atoms with Gasteiger partial charge in [0.2, 0.25) is 5.91 Å². The average molecular weight is 469 g/mol. The molecule has 0 N–H and O–H groups in total. The van der Waals surface area contributed by atoms with Crippen LogP contribution in [0.3, 0.4) is 0 Å². The number of halogens is 1. The summed E-state index contributed by atoms with van der Waals surface area (Å²) >= 11 is 6.21. The second-order valence-corrected chi connectivity index (χ2v) is 8.96. The van der Waals surface area contributed by atoms with Crippen LogP contribution in [0, 0.1) is 0 Å². The van der Waals surface area contributed by atoms with Gasteiger partial charge >= 0.3 is 0 Å². The number of carbonyl (C=O) groups is 1. The van der Waals surface area contributed by atoms with Gasteiger partial charge in [-0.05, 0) is 41.8 Å². The molecule has 0 radical (unpaired) electrons. The second kappa shape index (κ2) is 8.15. The van der Waals surface area contributed by atoms with Gasteiger partial charge < -0.3 is 9.47 Å². The molecule has 3 heterocycles. The molecule has 2 aromatic heterocycles. The molecule has 0 aliphatic carbocycles. The molecule has 0 bridgehead atoms. The number of rotatable bonds is 4. The Morgan fingerprint density at radius 1 is 0.971 bits per heavy atom. The van der Waals surface area contributed by atoms with Crippen LogP contribution >= 0.6 is 11.6 Å². The van der Waals surface area contributed by atoms with Crippen molar-refractivity contribution in [1.29, 1.82) is 0 Å². The summed E-state index contributed by atoms with van der Waals surface area (Å²) in [5.74, 6) is -0.142. The van der Waals surface area contributed by atoms with E-state index < -0.39 is 0 Å². The Hall–Kier alpha value is -3.90. The van der Waals surface area contributed by atoms with E-state index in [0.717, 1.165) is 39.5 Å². The molecule has 1 aliphatic heterocycles. The predicted octanol–water partition coefficient (Wildman–Crippen LogP) is 4.64. The molecule has 168 valence electrons. The van der Waals surface area contributed by atoms with E-state index in [1.807, 2.05) is 77.4 Å². The van der Waals surface area contributed by atoms with Crippen LogP contribution in [0.4, 0.5) is 5.69 Å². The van der Waals surface area contributed by atoms with Crippen molar-refractivity contribution in [2.45, 2.75) is 19.5 Å². The lowest BCUT2D eigenvalue weighted by Crippen LogP contribution is -2.36. The molecular formula is C27H21ClN4O2. The van der Waals surface area contributed by atoms with Crippen LogP contribution in [0.1, 0.15) is 11.1 Å². The fourth-order valence-corrected chi connectivity index (χ4v) is 5.11. The second-order valence-electron chi connectivity index (χ2n) is 8.53. The Balaban J connectivity index is 1.44. The average Bonchev–Trinajstić information content (AvgIpc) is 3.41. The third-order valence-electron chi connectivity index (χ3n) is 6.48. The lowest BCUT2D eigenvalue weighted by atomic mass is 10.2. The van der Waals surface area contributed by atoms with Gasteiger partial charge in [-0.15, -0.1) is 0 Å². The van der Waals surface area contributed by atoms with Gasteiger partial charge in [0.05, 0.1) is 6.20 Å². The Morgan fingerprint density at radius 2 is 1.79 bits per heavy atom. The van der Waals surface area contributed by atoms with Crippen LogP contribution in [0.2, 0.25) is 5.02 Å². The normalized spacial score (nSPS) is 13.0. The maximum atomic E-state index is 13.7. The number of anilines is 1. The summed E-state index contributed by atoms with van der Waals surface area (Å²) in [6, 6.07) is 23.4. The number of fused-ring (bicyclic) bond motifs is 4. The Kier molecular flexibility index (Phi) is 4.96. The van der Waals surface area contributed by atoms with Crippen molar-refractivity contribution in [2.24, 2.45) is 0 Å². The smallest absolute Gasteiger partial charge is 0.291 e. The molecule has 5 aromatic rings. The number of carbonyl (C=O) groups excluding carboxylic acids is 1. The minimum absolute atomic E-state index is 0.109. The fraction of sp³-hybridized carbons (Fsp3) is 0.148. The van der Waals surface area contributed by atoms with Crippen LogP contribution < -0.4 is 10.5 Å². The van der Waals surface area contributed by atoms with Crippen LogP contribution in [-0.4, -0.2) is 26.8 Å². The monoisotopic (exact) mass is 468 g/mol. The Labute approximate surface area is 200 Å². The van der Waals surface area contributed by atoms with Crippen LogP contribution in [0.25, 0.3) is 21.8 Å². The predicted molar refractivity (Wildman–Crippen MR) is 135 cm³/mol. The lowest BCUT2D eigenvalue weighted by Gasteiger charge is -2.17. The van der Waals surface area contributed by atoms with Crippen molar-refractivity contribution in [2.75, 3.05) is 11.4 Å². The number of benzene rings is 3. The molecule has 3 aromatic carbocycles. The van der Waals surface area contributed by atoms with Gasteiger partial charge in [-0.1, -0.05) is 60.1 Å². The maximum absolute atomic E-state index is 13.7. The fourth-order valence-electron chi connectivity index (χ4n) is 4.90. The summed E-state index contributed by atoms with van der Waals surface area (Å²) in [5.41, 5.74) is 4.24.